The van der Waals surface area contributed by atoms with E-state index in [1.807, 2.05) is 36.9 Å². The van der Waals surface area contributed by atoms with Gasteiger partial charge in [-0.3, -0.25) is 9.59 Å². The van der Waals surface area contributed by atoms with Crippen LogP contribution in [0.15, 0.2) is 18.2 Å². The summed E-state index contributed by atoms with van der Waals surface area (Å²) in [4.78, 5) is 25.6. The molecule has 1 unspecified atom stereocenters. The fraction of sp³-hybridized carbons (Fsp3) is 0.529. The number of nitrogens with zero attached hydrogens (tertiary/aromatic N) is 1. The lowest BCUT2D eigenvalue weighted by atomic mass is 9.86. The lowest BCUT2D eigenvalue weighted by molar-refractivity contribution is -0.132. The molecule has 22 heavy (non-hydrogen) atoms. The summed E-state index contributed by atoms with van der Waals surface area (Å²) in [5.74, 6) is 0.859. The van der Waals surface area contributed by atoms with Crippen molar-refractivity contribution in [3.8, 4) is 5.75 Å². The predicted molar refractivity (Wildman–Crippen MR) is 82.7 cm³/mol. The van der Waals surface area contributed by atoms with E-state index in [0.717, 1.165) is 23.3 Å². The van der Waals surface area contributed by atoms with E-state index in [2.05, 4.69) is 5.32 Å². The smallest absolute Gasteiger partial charge is 0.260 e. The Morgan fingerprint density at radius 1 is 1.41 bits per heavy atom. The quantitative estimate of drug-likeness (QED) is 0.918. The van der Waals surface area contributed by atoms with Crippen LogP contribution in [-0.2, 0) is 9.59 Å². The summed E-state index contributed by atoms with van der Waals surface area (Å²) in [7, 11) is 0. The van der Waals surface area contributed by atoms with E-state index in [4.69, 9.17) is 4.74 Å². The molecule has 2 aliphatic heterocycles. The molecule has 3 rings (SSSR count). The number of carbonyl (C=O) groups excluding carboxylic acids is 2. The number of nitrogens with one attached hydrogen (secondary N) is 1. The first-order chi connectivity index (χ1) is 10.5. The topological polar surface area (TPSA) is 58.6 Å². The van der Waals surface area contributed by atoms with Gasteiger partial charge in [-0.05, 0) is 37.5 Å². The highest BCUT2D eigenvalue weighted by Crippen LogP contribution is 2.36. The van der Waals surface area contributed by atoms with Crippen LogP contribution < -0.4 is 10.1 Å². The number of amides is 2. The highest BCUT2D eigenvalue weighted by atomic mass is 16.5. The van der Waals surface area contributed by atoms with Crippen molar-refractivity contribution in [2.75, 3.05) is 26.2 Å². The highest BCUT2D eigenvalue weighted by Gasteiger charge is 2.45. The lowest BCUT2D eigenvalue weighted by Crippen LogP contribution is -2.36. The van der Waals surface area contributed by atoms with Gasteiger partial charge >= 0.3 is 0 Å². The second-order valence-corrected chi connectivity index (χ2v) is 6.51. The van der Waals surface area contributed by atoms with Gasteiger partial charge in [0, 0.05) is 31.5 Å². The molecule has 0 saturated carbocycles. The van der Waals surface area contributed by atoms with Crippen LogP contribution in [0.1, 0.15) is 24.0 Å². The van der Waals surface area contributed by atoms with E-state index in [0.29, 0.717) is 26.1 Å². The van der Waals surface area contributed by atoms with Gasteiger partial charge in [0.15, 0.2) is 6.61 Å². The van der Waals surface area contributed by atoms with E-state index in [-0.39, 0.29) is 23.8 Å². The Hall–Kier alpha value is -2.04. The molecule has 1 spiro atoms. The molecule has 2 aliphatic rings. The number of aryl methyl sites for hydroxylation is 1. The van der Waals surface area contributed by atoms with E-state index < -0.39 is 0 Å². The maximum absolute atomic E-state index is 12.3. The number of carbonyl (C=O) groups is 2. The van der Waals surface area contributed by atoms with E-state index in [9.17, 15) is 9.59 Å². The van der Waals surface area contributed by atoms with Crippen molar-refractivity contribution in [1.29, 1.82) is 0 Å². The van der Waals surface area contributed by atoms with Crippen LogP contribution in [0.4, 0.5) is 0 Å². The molecule has 1 N–H and O–H groups in total. The molecule has 2 heterocycles. The van der Waals surface area contributed by atoms with Gasteiger partial charge in [0.2, 0.25) is 5.91 Å². The van der Waals surface area contributed by atoms with Crippen LogP contribution in [0, 0.1) is 19.3 Å². The van der Waals surface area contributed by atoms with Crippen molar-refractivity contribution in [3.05, 3.63) is 29.3 Å². The Balaban J connectivity index is 1.57. The summed E-state index contributed by atoms with van der Waals surface area (Å²) in [6.45, 7) is 6.13. The third-order valence-electron chi connectivity index (χ3n) is 4.89. The predicted octanol–water partition coefficient (Wildman–Crippen LogP) is 1.42. The van der Waals surface area contributed by atoms with Crippen LogP contribution in [0.5, 0.6) is 5.75 Å². The Morgan fingerprint density at radius 2 is 2.23 bits per heavy atom. The Bertz CT molecular complexity index is 614. The summed E-state index contributed by atoms with van der Waals surface area (Å²) in [5.41, 5.74) is 2.17. The average molecular weight is 302 g/mol. The summed E-state index contributed by atoms with van der Waals surface area (Å²) < 4.78 is 5.69. The molecule has 2 saturated heterocycles. The minimum absolute atomic E-state index is 0.00266. The van der Waals surface area contributed by atoms with Crippen LogP contribution in [0.3, 0.4) is 0 Å². The number of rotatable bonds is 3. The van der Waals surface area contributed by atoms with Crippen molar-refractivity contribution in [2.45, 2.75) is 26.7 Å². The summed E-state index contributed by atoms with van der Waals surface area (Å²) in [6.07, 6.45) is 1.43. The summed E-state index contributed by atoms with van der Waals surface area (Å²) in [6, 6.07) is 5.85. The van der Waals surface area contributed by atoms with E-state index in [1.165, 1.54) is 0 Å². The molecule has 118 valence electrons. The van der Waals surface area contributed by atoms with Crippen molar-refractivity contribution >= 4 is 11.8 Å². The molecule has 5 heteroatoms. The van der Waals surface area contributed by atoms with Gasteiger partial charge in [0.25, 0.3) is 5.91 Å². The zero-order valence-corrected chi connectivity index (χ0v) is 13.1. The van der Waals surface area contributed by atoms with Crippen molar-refractivity contribution in [2.24, 2.45) is 5.41 Å². The van der Waals surface area contributed by atoms with Crippen LogP contribution >= 0.6 is 0 Å². The molecule has 1 atom stereocenters. The highest BCUT2D eigenvalue weighted by molar-refractivity contribution is 5.81. The molecule has 0 aromatic heterocycles. The van der Waals surface area contributed by atoms with Gasteiger partial charge in [-0.15, -0.1) is 0 Å². The number of benzene rings is 1. The van der Waals surface area contributed by atoms with Gasteiger partial charge in [-0.1, -0.05) is 12.1 Å². The third kappa shape index (κ3) is 2.80. The van der Waals surface area contributed by atoms with Crippen LogP contribution in [0.2, 0.25) is 0 Å². The second-order valence-electron chi connectivity index (χ2n) is 6.51. The Labute approximate surface area is 130 Å². The van der Waals surface area contributed by atoms with Crippen LogP contribution in [-0.4, -0.2) is 43.0 Å². The zero-order chi connectivity index (χ0) is 15.7. The van der Waals surface area contributed by atoms with Crippen molar-refractivity contribution in [1.82, 2.24) is 10.2 Å². The molecule has 0 aliphatic carbocycles. The fourth-order valence-corrected chi connectivity index (χ4v) is 3.30. The third-order valence-corrected chi connectivity index (χ3v) is 4.89. The first-order valence-corrected chi connectivity index (χ1v) is 7.73. The average Bonchev–Trinajstić information content (AvgIpc) is 3.07. The van der Waals surface area contributed by atoms with Gasteiger partial charge < -0.3 is 15.0 Å². The van der Waals surface area contributed by atoms with Crippen molar-refractivity contribution in [3.63, 3.8) is 0 Å². The molecular formula is C17H22N2O3. The summed E-state index contributed by atoms with van der Waals surface area (Å²) in [5, 5.41) is 2.88. The van der Waals surface area contributed by atoms with Gasteiger partial charge in [0.1, 0.15) is 5.75 Å². The van der Waals surface area contributed by atoms with E-state index >= 15 is 0 Å². The second kappa shape index (κ2) is 5.63. The molecule has 2 amide bonds. The first kappa shape index (κ1) is 14.9. The monoisotopic (exact) mass is 302 g/mol. The molecule has 1 aromatic carbocycles. The van der Waals surface area contributed by atoms with Crippen LogP contribution in [0.25, 0.3) is 0 Å². The fourth-order valence-electron chi connectivity index (χ4n) is 3.30. The minimum atomic E-state index is -0.0496. The molecule has 2 fully saturated rings. The molecule has 1 aromatic rings. The number of hydrogen-bond acceptors (Lipinski definition) is 3. The lowest BCUT2D eigenvalue weighted by Gasteiger charge is -2.22. The molecule has 0 bridgehead atoms. The van der Waals surface area contributed by atoms with E-state index in [1.54, 1.807) is 0 Å². The minimum Gasteiger partial charge on any atom is -0.483 e. The van der Waals surface area contributed by atoms with Gasteiger partial charge in [-0.2, -0.15) is 0 Å². The SMILES string of the molecule is Cc1cccc(OCC(=O)N2CCC3(CNC(=O)C3)C2)c1C. The normalized spacial score (nSPS) is 23.9. The van der Waals surface area contributed by atoms with Gasteiger partial charge in [-0.25, -0.2) is 0 Å². The zero-order valence-electron chi connectivity index (χ0n) is 13.1. The van der Waals surface area contributed by atoms with Gasteiger partial charge in [0.05, 0.1) is 0 Å². The molecule has 5 nitrogen and oxygen atoms in total. The number of likely N-dealkylation sites (tertiary alicyclic amines) is 1. The Morgan fingerprint density at radius 3 is 2.95 bits per heavy atom. The first-order valence-electron chi connectivity index (χ1n) is 7.73. The number of ether oxygens (including phenoxy) is 1. The molecule has 0 radical (unpaired) electrons. The largest absolute Gasteiger partial charge is 0.483 e. The molecular weight excluding hydrogens is 280 g/mol. The Kier molecular flexibility index (Phi) is 3.81. The maximum Gasteiger partial charge on any atom is 0.260 e. The number of hydrogen-bond donors (Lipinski definition) is 1. The standard InChI is InChI=1S/C17H22N2O3/c1-12-4-3-5-14(13(12)2)22-9-16(21)19-7-6-17(11-19)8-15(20)18-10-17/h3-5H,6-11H2,1-2H3,(H,18,20). The maximum atomic E-state index is 12.3. The van der Waals surface area contributed by atoms with Crippen molar-refractivity contribution < 1.29 is 14.3 Å². The summed E-state index contributed by atoms with van der Waals surface area (Å²) >= 11 is 0.